The molecule has 0 fully saturated rings. The Morgan fingerprint density at radius 1 is 0.923 bits per heavy atom. The molecule has 0 radical (unpaired) electrons. The molecule has 2 aromatic rings. The number of carbonyl (C=O) groups excluding carboxylic acids is 2. The normalized spacial score (nSPS) is 10.6. The van der Waals surface area contributed by atoms with Crippen molar-refractivity contribution in [2.24, 2.45) is 5.16 Å². The van der Waals surface area contributed by atoms with Crippen LogP contribution in [0.4, 0.5) is 11.4 Å². The first-order valence-corrected chi connectivity index (χ1v) is 8.26. The van der Waals surface area contributed by atoms with Crippen LogP contribution in [0.25, 0.3) is 0 Å². The van der Waals surface area contributed by atoms with E-state index in [4.69, 9.17) is 4.84 Å². The van der Waals surface area contributed by atoms with Crippen LogP contribution in [-0.2, 0) is 14.4 Å². The number of nitrogens with zero attached hydrogens (tertiary/aromatic N) is 1. The molecule has 2 rings (SSSR count). The third-order valence-corrected chi connectivity index (χ3v) is 3.74. The van der Waals surface area contributed by atoms with Gasteiger partial charge in [-0.2, -0.15) is 0 Å². The number of carbonyl (C=O) groups is 2. The lowest BCUT2D eigenvalue weighted by atomic mass is 10.1. The standard InChI is InChI=1S/C20H23N3O3/c1-13-5-7-17(15(3)9-13)22-19(24)11-21-26-12-20(25)23-18-8-6-14(2)10-16(18)4/h5-11H,12H2,1-4H3,(H,22,24)(H,23,25)/b21-11-. The molecule has 136 valence electrons. The molecule has 6 heteroatoms. The molecule has 0 spiro atoms. The number of benzene rings is 2. The predicted molar refractivity (Wildman–Crippen MR) is 104 cm³/mol. The highest BCUT2D eigenvalue weighted by Gasteiger charge is 2.06. The van der Waals surface area contributed by atoms with Crippen molar-refractivity contribution in [3.8, 4) is 0 Å². The lowest BCUT2D eigenvalue weighted by Gasteiger charge is -2.08. The summed E-state index contributed by atoms with van der Waals surface area (Å²) in [4.78, 5) is 28.6. The maximum atomic E-state index is 11.9. The maximum Gasteiger partial charge on any atom is 0.270 e. The Morgan fingerprint density at radius 2 is 1.46 bits per heavy atom. The van der Waals surface area contributed by atoms with Crippen molar-refractivity contribution in [1.82, 2.24) is 0 Å². The Labute approximate surface area is 153 Å². The Morgan fingerprint density at radius 3 is 2.00 bits per heavy atom. The summed E-state index contributed by atoms with van der Waals surface area (Å²) in [5.74, 6) is -0.768. The first-order valence-electron chi connectivity index (χ1n) is 8.26. The van der Waals surface area contributed by atoms with E-state index in [0.29, 0.717) is 5.69 Å². The van der Waals surface area contributed by atoms with Gasteiger partial charge in [0.05, 0.1) is 0 Å². The van der Waals surface area contributed by atoms with Crippen LogP contribution in [0.15, 0.2) is 41.6 Å². The first kappa shape index (κ1) is 19.2. The molecule has 0 aliphatic heterocycles. The summed E-state index contributed by atoms with van der Waals surface area (Å²) >= 11 is 0. The van der Waals surface area contributed by atoms with E-state index >= 15 is 0 Å². The van der Waals surface area contributed by atoms with Gasteiger partial charge in [0.25, 0.3) is 11.8 Å². The van der Waals surface area contributed by atoms with E-state index in [1.54, 1.807) is 0 Å². The van der Waals surface area contributed by atoms with Gasteiger partial charge in [0.1, 0.15) is 6.21 Å². The number of oxime groups is 1. The molecule has 26 heavy (non-hydrogen) atoms. The molecule has 0 bridgehead atoms. The van der Waals surface area contributed by atoms with Gasteiger partial charge in [-0.15, -0.1) is 0 Å². The summed E-state index contributed by atoms with van der Waals surface area (Å²) < 4.78 is 0. The molecule has 0 saturated heterocycles. The van der Waals surface area contributed by atoms with E-state index in [2.05, 4.69) is 15.8 Å². The van der Waals surface area contributed by atoms with Gasteiger partial charge >= 0.3 is 0 Å². The monoisotopic (exact) mass is 353 g/mol. The lowest BCUT2D eigenvalue weighted by molar-refractivity contribution is -0.120. The molecule has 0 aliphatic carbocycles. The van der Waals surface area contributed by atoms with Gasteiger partial charge in [-0.3, -0.25) is 9.59 Å². The third-order valence-electron chi connectivity index (χ3n) is 3.74. The number of rotatable bonds is 6. The summed E-state index contributed by atoms with van der Waals surface area (Å²) in [5.41, 5.74) is 5.60. The fraction of sp³-hybridized carbons (Fsp3) is 0.250. The molecule has 0 unspecified atom stereocenters. The van der Waals surface area contributed by atoms with E-state index in [1.165, 1.54) is 0 Å². The van der Waals surface area contributed by atoms with Crippen molar-refractivity contribution in [3.05, 3.63) is 58.7 Å². The van der Waals surface area contributed by atoms with Gasteiger partial charge in [0.2, 0.25) is 0 Å². The third kappa shape index (κ3) is 5.73. The van der Waals surface area contributed by atoms with Crippen molar-refractivity contribution >= 4 is 29.4 Å². The fourth-order valence-corrected chi connectivity index (χ4v) is 2.44. The van der Waals surface area contributed by atoms with Gasteiger partial charge in [0, 0.05) is 11.4 Å². The Balaban J connectivity index is 1.79. The maximum absolute atomic E-state index is 11.9. The van der Waals surface area contributed by atoms with Crippen molar-refractivity contribution < 1.29 is 14.4 Å². The highest BCUT2D eigenvalue weighted by Crippen LogP contribution is 2.16. The van der Waals surface area contributed by atoms with Crippen LogP contribution in [0.5, 0.6) is 0 Å². The minimum Gasteiger partial charge on any atom is -0.385 e. The molecule has 0 heterocycles. The van der Waals surface area contributed by atoms with Crippen molar-refractivity contribution in [2.45, 2.75) is 27.7 Å². The molecule has 0 atom stereocenters. The van der Waals surface area contributed by atoms with Crippen LogP contribution >= 0.6 is 0 Å². The number of amides is 2. The fourth-order valence-electron chi connectivity index (χ4n) is 2.44. The van der Waals surface area contributed by atoms with Crippen LogP contribution in [0.2, 0.25) is 0 Å². The van der Waals surface area contributed by atoms with Gasteiger partial charge in [0.15, 0.2) is 6.61 Å². The van der Waals surface area contributed by atoms with Crippen LogP contribution in [0.1, 0.15) is 22.3 Å². The highest BCUT2D eigenvalue weighted by atomic mass is 16.6. The highest BCUT2D eigenvalue weighted by molar-refractivity contribution is 6.31. The molecule has 2 aromatic carbocycles. The molecular formula is C20H23N3O3. The van der Waals surface area contributed by atoms with Crippen LogP contribution in [0.3, 0.4) is 0 Å². The smallest absolute Gasteiger partial charge is 0.270 e. The summed E-state index contributed by atoms with van der Waals surface area (Å²) in [7, 11) is 0. The van der Waals surface area contributed by atoms with Crippen molar-refractivity contribution in [2.75, 3.05) is 17.2 Å². The molecule has 6 nitrogen and oxygen atoms in total. The lowest BCUT2D eigenvalue weighted by Crippen LogP contribution is -2.18. The molecule has 2 amide bonds. The minimum atomic E-state index is -0.424. The second kappa shape index (κ2) is 8.80. The molecule has 0 saturated carbocycles. The molecular weight excluding hydrogens is 330 g/mol. The topological polar surface area (TPSA) is 79.8 Å². The Hall–Kier alpha value is -3.15. The molecule has 0 aliphatic rings. The summed E-state index contributed by atoms with van der Waals surface area (Å²) in [5, 5.41) is 8.98. The van der Waals surface area contributed by atoms with Crippen molar-refractivity contribution in [3.63, 3.8) is 0 Å². The van der Waals surface area contributed by atoms with Gasteiger partial charge in [-0.25, -0.2) is 0 Å². The summed E-state index contributed by atoms with van der Waals surface area (Å²) in [6.45, 7) is 7.52. The number of hydrogen-bond donors (Lipinski definition) is 2. The van der Waals surface area contributed by atoms with Crippen LogP contribution < -0.4 is 10.6 Å². The zero-order valence-corrected chi connectivity index (χ0v) is 15.4. The Bertz CT molecular complexity index is 844. The van der Waals surface area contributed by atoms with E-state index in [1.807, 2.05) is 64.1 Å². The predicted octanol–water partition coefficient (Wildman–Crippen LogP) is 3.50. The van der Waals surface area contributed by atoms with Gasteiger partial charge < -0.3 is 15.5 Å². The van der Waals surface area contributed by atoms with Crippen LogP contribution in [0, 0.1) is 27.7 Å². The average molecular weight is 353 g/mol. The van der Waals surface area contributed by atoms with Crippen molar-refractivity contribution in [1.29, 1.82) is 0 Å². The quantitative estimate of drug-likeness (QED) is 0.616. The van der Waals surface area contributed by atoms with E-state index in [9.17, 15) is 9.59 Å². The minimum absolute atomic E-state index is 0.277. The van der Waals surface area contributed by atoms with E-state index < -0.39 is 5.91 Å². The second-order valence-electron chi connectivity index (χ2n) is 6.18. The molecule has 2 N–H and O–H groups in total. The zero-order chi connectivity index (χ0) is 19.1. The van der Waals surface area contributed by atoms with Gasteiger partial charge in [-0.1, -0.05) is 40.5 Å². The summed E-state index contributed by atoms with van der Waals surface area (Å²) in [6, 6.07) is 11.4. The van der Waals surface area contributed by atoms with E-state index in [-0.39, 0.29) is 12.5 Å². The van der Waals surface area contributed by atoms with Crippen LogP contribution in [-0.4, -0.2) is 24.6 Å². The number of aryl methyl sites for hydroxylation is 4. The SMILES string of the molecule is Cc1ccc(NC(=O)/C=N\OCC(=O)Nc2ccc(C)cc2C)c(C)c1. The number of hydrogen-bond acceptors (Lipinski definition) is 4. The molecule has 0 aromatic heterocycles. The van der Waals surface area contributed by atoms with Gasteiger partial charge in [-0.05, 0) is 51.0 Å². The second-order valence-corrected chi connectivity index (χ2v) is 6.18. The Kier molecular flexibility index (Phi) is 6.49. The number of nitrogens with one attached hydrogen (secondary N) is 2. The summed E-state index contributed by atoms with van der Waals surface area (Å²) in [6.07, 6.45) is 1.00. The van der Waals surface area contributed by atoms with E-state index in [0.717, 1.165) is 34.2 Å². The largest absolute Gasteiger partial charge is 0.385 e. The first-order chi connectivity index (χ1) is 12.3. The number of anilines is 2. The average Bonchev–Trinajstić information content (AvgIpc) is 2.57. The zero-order valence-electron chi connectivity index (χ0n) is 15.4.